The first-order valence-corrected chi connectivity index (χ1v) is 8.91. The molecule has 2 amide bonds. The highest BCUT2D eigenvalue weighted by molar-refractivity contribution is 6.08. The number of anilines is 1. The van der Waals surface area contributed by atoms with E-state index < -0.39 is 10.8 Å². The van der Waals surface area contributed by atoms with Crippen LogP contribution in [0.25, 0.3) is 0 Å². The number of carbonyl (C=O) groups is 2. The molecule has 1 aromatic heterocycles. The number of amides is 2. The largest absolute Gasteiger partial charge is 0.378 e. The van der Waals surface area contributed by atoms with E-state index >= 15 is 0 Å². The second kappa shape index (κ2) is 8.17. The van der Waals surface area contributed by atoms with Crippen LogP contribution in [0.4, 0.5) is 11.4 Å². The topological polar surface area (TPSA) is 120 Å². The fourth-order valence-electron chi connectivity index (χ4n) is 3.00. The third-order valence-corrected chi connectivity index (χ3v) is 4.56. The zero-order chi connectivity index (χ0) is 20.3. The van der Waals surface area contributed by atoms with Crippen molar-refractivity contribution in [1.82, 2.24) is 14.7 Å². The molecular weight excluding hydrogens is 366 g/mol. The number of hydrogen-bond acceptors (Lipinski definition) is 6. The molecule has 2 aromatic rings. The number of carbonyl (C=O) groups excluding carboxylic acids is 2. The third kappa shape index (κ3) is 3.86. The second-order valence-electron chi connectivity index (χ2n) is 6.34. The summed E-state index contributed by atoms with van der Waals surface area (Å²) in [6.07, 6.45) is 1.41. The van der Waals surface area contributed by atoms with Gasteiger partial charge in [-0.2, -0.15) is 5.10 Å². The highest BCUT2D eigenvalue weighted by Gasteiger charge is 2.26. The van der Waals surface area contributed by atoms with Crippen LogP contribution in [0.15, 0.2) is 24.4 Å². The van der Waals surface area contributed by atoms with Crippen molar-refractivity contribution in [1.29, 1.82) is 0 Å². The summed E-state index contributed by atoms with van der Waals surface area (Å²) >= 11 is 0. The number of nitro benzene ring substituents is 1. The molecule has 2 heterocycles. The molecule has 1 aliphatic rings. The monoisotopic (exact) mass is 387 g/mol. The zero-order valence-electron chi connectivity index (χ0n) is 15.7. The molecule has 1 fully saturated rings. The zero-order valence-corrected chi connectivity index (χ0v) is 15.7. The van der Waals surface area contributed by atoms with Crippen molar-refractivity contribution < 1.29 is 19.2 Å². The number of nitro groups is 1. The lowest BCUT2D eigenvalue weighted by Crippen LogP contribution is -2.41. The Hall–Kier alpha value is -3.27. The fraction of sp³-hybridized carbons (Fsp3) is 0.389. The van der Waals surface area contributed by atoms with Gasteiger partial charge in [-0.1, -0.05) is 6.07 Å². The van der Waals surface area contributed by atoms with Crippen molar-refractivity contribution >= 4 is 23.2 Å². The first-order valence-electron chi connectivity index (χ1n) is 8.91. The standard InChI is InChI=1S/C18H21N5O5/c1-3-22-16(18(25)21-6-8-28-9-7-21)14(11-19-22)20-17(24)13-5-4-12(2)15(10-13)23(26)27/h4-5,10-11H,3,6-9H2,1-2H3,(H,20,24). The summed E-state index contributed by atoms with van der Waals surface area (Å²) in [6.45, 7) is 5.75. The van der Waals surface area contributed by atoms with Crippen molar-refractivity contribution in [3.8, 4) is 0 Å². The van der Waals surface area contributed by atoms with E-state index in [1.165, 1.54) is 29.1 Å². The Morgan fingerprint density at radius 2 is 2.04 bits per heavy atom. The van der Waals surface area contributed by atoms with E-state index in [-0.39, 0.29) is 28.5 Å². The molecule has 0 saturated carbocycles. The van der Waals surface area contributed by atoms with Crippen molar-refractivity contribution in [2.24, 2.45) is 0 Å². The van der Waals surface area contributed by atoms with E-state index in [2.05, 4.69) is 10.4 Å². The predicted molar refractivity (Wildman–Crippen MR) is 100 cm³/mol. The second-order valence-corrected chi connectivity index (χ2v) is 6.34. The van der Waals surface area contributed by atoms with Crippen LogP contribution in [0, 0.1) is 17.0 Å². The maximum atomic E-state index is 12.9. The number of rotatable bonds is 5. The highest BCUT2D eigenvalue weighted by atomic mass is 16.6. The highest BCUT2D eigenvalue weighted by Crippen LogP contribution is 2.22. The summed E-state index contributed by atoms with van der Waals surface area (Å²) in [4.78, 5) is 37.8. The lowest BCUT2D eigenvalue weighted by Gasteiger charge is -2.27. The number of aryl methyl sites for hydroxylation is 2. The molecule has 0 spiro atoms. The smallest absolute Gasteiger partial charge is 0.274 e. The van der Waals surface area contributed by atoms with Crippen LogP contribution in [-0.2, 0) is 11.3 Å². The quantitative estimate of drug-likeness (QED) is 0.617. The summed E-state index contributed by atoms with van der Waals surface area (Å²) in [6, 6.07) is 4.24. The van der Waals surface area contributed by atoms with Crippen molar-refractivity contribution in [3.05, 3.63) is 51.3 Å². The number of nitrogens with zero attached hydrogens (tertiary/aromatic N) is 4. The SMILES string of the molecule is CCn1ncc(NC(=O)c2ccc(C)c([N+](=O)[O-])c2)c1C(=O)N1CCOCC1. The van der Waals surface area contributed by atoms with Crippen LogP contribution in [0.5, 0.6) is 0 Å². The first-order chi connectivity index (χ1) is 13.4. The molecule has 148 valence electrons. The van der Waals surface area contributed by atoms with Gasteiger partial charge in [-0.3, -0.25) is 24.4 Å². The molecule has 28 heavy (non-hydrogen) atoms. The Bertz CT molecular complexity index is 917. The number of aromatic nitrogens is 2. The molecule has 0 bridgehead atoms. The van der Waals surface area contributed by atoms with Crippen LogP contribution < -0.4 is 5.32 Å². The molecule has 0 atom stereocenters. The van der Waals surface area contributed by atoms with Crippen LogP contribution in [0.1, 0.15) is 33.3 Å². The Balaban J connectivity index is 1.87. The molecule has 0 aliphatic carbocycles. The molecular formula is C18H21N5O5. The van der Waals surface area contributed by atoms with E-state index in [1.807, 2.05) is 6.92 Å². The van der Waals surface area contributed by atoms with Gasteiger partial charge in [0.1, 0.15) is 5.69 Å². The van der Waals surface area contributed by atoms with Crippen LogP contribution in [0.3, 0.4) is 0 Å². The average molecular weight is 387 g/mol. The van der Waals surface area contributed by atoms with Gasteiger partial charge in [0, 0.05) is 36.8 Å². The third-order valence-electron chi connectivity index (χ3n) is 4.56. The summed E-state index contributed by atoms with van der Waals surface area (Å²) in [5, 5.41) is 18.0. The Labute approximate surface area is 161 Å². The van der Waals surface area contributed by atoms with E-state index in [1.54, 1.807) is 11.8 Å². The number of hydrogen-bond donors (Lipinski definition) is 1. The summed E-state index contributed by atoms with van der Waals surface area (Å²) in [7, 11) is 0. The summed E-state index contributed by atoms with van der Waals surface area (Å²) < 4.78 is 6.79. The average Bonchev–Trinajstić information content (AvgIpc) is 3.10. The van der Waals surface area contributed by atoms with Gasteiger partial charge in [-0.15, -0.1) is 0 Å². The van der Waals surface area contributed by atoms with Crippen molar-refractivity contribution in [3.63, 3.8) is 0 Å². The fourth-order valence-corrected chi connectivity index (χ4v) is 3.00. The van der Waals surface area contributed by atoms with E-state index in [4.69, 9.17) is 4.74 Å². The van der Waals surface area contributed by atoms with Crippen LogP contribution >= 0.6 is 0 Å². The van der Waals surface area contributed by atoms with E-state index in [0.29, 0.717) is 38.4 Å². The molecule has 1 aromatic carbocycles. The normalized spacial score (nSPS) is 14.0. The molecule has 0 unspecified atom stereocenters. The van der Waals surface area contributed by atoms with Gasteiger partial charge in [-0.05, 0) is 19.9 Å². The van der Waals surface area contributed by atoms with Gasteiger partial charge in [0.15, 0.2) is 0 Å². The van der Waals surface area contributed by atoms with Crippen LogP contribution in [-0.4, -0.2) is 57.7 Å². The molecule has 0 radical (unpaired) electrons. The van der Waals surface area contributed by atoms with E-state index in [0.717, 1.165) is 0 Å². The Kier molecular flexibility index (Phi) is 5.69. The minimum Gasteiger partial charge on any atom is -0.378 e. The Morgan fingerprint density at radius 3 is 2.68 bits per heavy atom. The van der Waals surface area contributed by atoms with E-state index in [9.17, 15) is 19.7 Å². The maximum Gasteiger partial charge on any atom is 0.274 e. The number of benzene rings is 1. The van der Waals surface area contributed by atoms with Crippen molar-refractivity contribution in [2.75, 3.05) is 31.6 Å². The number of morpholine rings is 1. The minimum atomic E-state index is -0.546. The molecule has 1 saturated heterocycles. The van der Waals surface area contributed by atoms with Gasteiger partial charge >= 0.3 is 0 Å². The Morgan fingerprint density at radius 1 is 1.32 bits per heavy atom. The lowest BCUT2D eigenvalue weighted by atomic mass is 10.1. The van der Waals surface area contributed by atoms with Gasteiger partial charge < -0.3 is 15.0 Å². The molecule has 10 heteroatoms. The van der Waals surface area contributed by atoms with Gasteiger partial charge in [-0.25, -0.2) is 0 Å². The van der Waals surface area contributed by atoms with Gasteiger partial charge in [0.2, 0.25) is 0 Å². The van der Waals surface area contributed by atoms with Gasteiger partial charge in [0.05, 0.1) is 30.0 Å². The summed E-state index contributed by atoms with van der Waals surface area (Å²) in [5.41, 5.74) is 1.00. The number of nitrogens with one attached hydrogen (secondary N) is 1. The predicted octanol–water partition coefficient (Wildman–Crippen LogP) is 1.84. The van der Waals surface area contributed by atoms with Crippen LogP contribution in [0.2, 0.25) is 0 Å². The van der Waals surface area contributed by atoms with Gasteiger partial charge in [0.25, 0.3) is 17.5 Å². The first kappa shape index (κ1) is 19.5. The molecule has 1 N–H and O–H groups in total. The maximum absolute atomic E-state index is 12.9. The lowest BCUT2D eigenvalue weighted by molar-refractivity contribution is -0.385. The summed E-state index contributed by atoms with van der Waals surface area (Å²) in [5.74, 6) is -0.789. The molecule has 3 rings (SSSR count). The minimum absolute atomic E-state index is 0.131. The number of ether oxygens (including phenoxy) is 1. The molecule has 10 nitrogen and oxygen atoms in total. The molecule has 1 aliphatic heterocycles. The van der Waals surface area contributed by atoms with Crippen molar-refractivity contribution in [2.45, 2.75) is 20.4 Å².